The van der Waals surface area contributed by atoms with Gasteiger partial charge in [0.25, 0.3) is 0 Å². The number of hydrogen-bond donors (Lipinski definition) is 3. The number of amides is 12. The lowest BCUT2D eigenvalue weighted by Crippen LogP contribution is -2.65. The molecule has 1 unspecified atom stereocenters. The first kappa shape index (κ1) is 85.8. The van der Waals surface area contributed by atoms with Crippen molar-refractivity contribution >= 4 is 98.4 Å². The van der Waals surface area contributed by atoms with Gasteiger partial charge in [0.1, 0.15) is 59.9 Å². The van der Waals surface area contributed by atoms with Crippen LogP contribution in [0.25, 0.3) is 0 Å². The lowest BCUT2D eigenvalue weighted by molar-refractivity contribution is -0.160. The second kappa shape index (κ2) is 36.9. The number of nitrogens with zero attached hydrogens (tertiary/aromatic N) is 9. The van der Waals surface area contributed by atoms with E-state index in [9.17, 15) is 46.7 Å². The average Bonchev–Trinajstić information content (AvgIpc) is 1.75. The highest BCUT2D eigenvalue weighted by atomic mass is 79.9. The molecular formula is C76H107BrClF3N12O12. The summed E-state index contributed by atoms with van der Waals surface area (Å²) in [6.45, 7) is 13.6. The van der Waals surface area contributed by atoms with Crippen molar-refractivity contribution in [1.82, 2.24) is 60.0 Å². The standard InChI is InChI=1S/C76H107BrClF3N12O12/c1-18-46(6)63-72(103)87(12)48(8)67(98)93-36-33-56(93)71(102)90(15)59(40-50-27-25-45(5)26-28-50)70(101)86(11)43-61(94)82-55(32-30-49-29-31-53(54(78)39-49)76(79,80)81)68(99)89(14)58(41-51-23-22-24-52(77)38-51)66(97)84-75(34-20-21-35-75)74(105)92(17)64(47(7)19-2)73(104)91(16)60(69(100)85(9)10)42-62(95)88(13)57(37-44(3)4)65(96)83-63/h22-29,31,38-39,44,46-48,55-60,63-64H,18-21,30,32-37,40-43H2,1-17H3,(H,82,94)(H,83,96)(H,84,97)/t46-,47-,48-,55-,56?,57-,58-,59-,60-,63-,64-/m0/s1. The Bertz CT molecular complexity index is 3670. The Morgan fingerprint density at radius 1 is 0.667 bits per heavy atom. The van der Waals surface area contributed by atoms with Gasteiger partial charge in [0, 0.05) is 87.3 Å². The summed E-state index contributed by atoms with van der Waals surface area (Å²) >= 11 is 9.70. The molecule has 3 aromatic rings. The summed E-state index contributed by atoms with van der Waals surface area (Å²) in [5.41, 5.74) is -0.459. The van der Waals surface area contributed by atoms with Gasteiger partial charge in [-0.25, -0.2) is 0 Å². The molecule has 3 aliphatic rings. The van der Waals surface area contributed by atoms with E-state index in [1.807, 2.05) is 46.8 Å². The number of alkyl halides is 3. The molecule has 2 heterocycles. The van der Waals surface area contributed by atoms with Crippen LogP contribution in [0, 0.1) is 24.7 Å². The molecule has 11 atom stereocenters. The lowest BCUT2D eigenvalue weighted by atomic mass is 9.90. The number of rotatable bonds is 14. The van der Waals surface area contributed by atoms with E-state index in [4.69, 9.17) is 11.6 Å². The molecule has 0 bridgehead atoms. The van der Waals surface area contributed by atoms with Gasteiger partial charge in [-0.1, -0.05) is 143 Å². The van der Waals surface area contributed by atoms with Crippen LogP contribution >= 0.6 is 27.5 Å². The SMILES string of the molecule is CC[C@H](C)[C@@H]1NC(=O)[C@H](CC(C)C)N(C)C(=O)C[C@@H](C(=O)N(C)C)N(C)C(=O)[C@H]([C@@H](C)CC)N(C)C(=O)C2(CCCC2)NC(=O)[C@H](Cc2cccc(Br)c2)N(C)C(=O)[C@H](CCc2ccc(C(F)(F)F)c(Cl)c2)NC(=O)CN(C)C(=O)[C@H](Cc2ccc(C)cc2)N(C)C(=O)C2CCN2C(=O)[C@H](C)N(C)C1=O. The third kappa shape index (κ3) is 20.9. The van der Waals surface area contributed by atoms with E-state index in [0.717, 1.165) is 32.4 Å². The predicted molar refractivity (Wildman–Crippen MR) is 395 cm³/mol. The highest BCUT2D eigenvalue weighted by molar-refractivity contribution is 9.10. The number of fused-ring (bicyclic) bond motifs is 1. The topological polar surface area (TPSA) is 270 Å². The molecule has 3 aromatic carbocycles. The minimum atomic E-state index is -4.80. The minimum Gasteiger partial charge on any atom is -0.347 e. The first-order valence-corrected chi connectivity index (χ1v) is 37.2. The normalized spacial score (nSPS) is 24.8. The van der Waals surface area contributed by atoms with Crippen LogP contribution in [0.1, 0.15) is 140 Å². The van der Waals surface area contributed by atoms with Gasteiger partial charge in [0.2, 0.25) is 70.9 Å². The monoisotopic (exact) mass is 1550 g/mol. The van der Waals surface area contributed by atoms with Crippen molar-refractivity contribution in [1.29, 1.82) is 0 Å². The maximum absolute atomic E-state index is 15.7. The summed E-state index contributed by atoms with van der Waals surface area (Å²) in [5, 5.41) is 8.08. The van der Waals surface area contributed by atoms with Crippen molar-refractivity contribution in [3.05, 3.63) is 104 Å². The van der Waals surface area contributed by atoms with E-state index >= 15 is 24.0 Å². The first-order valence-electron chi connectivity index (χ1n) is 36.0. The summed E-state index contributed by atoms with van der Waals surface area (Å²) in [5.74, 6) is -9.96. The van der Waals surface area contributed by atoms with Gasteiger partial charge in [0.05, 0.1) is 23.6 Å². The van der Waals surface area contributed by atoms with Gasteiger partial charge >= 0.3 is 6.18 Å². The zero-order valence-corrected chi connectivity index (χ0v) is 66.0. The van der Waals surface area contributed by atoms with Crippen LogP contribution in [0.15, 0.2) is 71.2 Å². The molecule has 6 rings (SSSR count). The van der Waals surface area contributed by atoms with Crippen molar-refractivity contribution < 1.29 is 70.7 Å². The molecule has 2 saturated heterocycles. The van der Waals surface area contributed by atoms with E-state index in [2.05, 4.69) is 31.9 Å². The minimum absolute atomic E-state index is 0.0664. The highest BCUT2D eigenvalue weighted by Gasteiger charge is 2.51. The van der Waals surface area contributed by atoms with E-state index < -0.39 is 172 Å². The average molecular weight is 1550 g/mol. The largest absolute Gasteiger partial charge is 0.417 e. The fourth-order valence-corrected chi connectivity index (χ4v) is 14.7. The van der Waals surface area contributed by atoms with Crippen molar-refractivity contribution in [2.45, 2.75) is 205 Å². The van der Waals surface area contributed by atoms with E-state index in [0.29, 0.717) is 41.3 Å². The van der Waals surface area contributed by atoms with Crippen molar-refractivity contribution in [3.8, 4) is 0 Å². The molecule has 29 heteroatoms. The van der Waals surface area contributed by atoms with Gasteiger partial charge in [-0.2, -0.15) is 13.2 Å². The maximum Gasteiger partial charge on any atom is 0.417 e. The number of hydrogen-bond acceptors (Lipinski definition) is 12. The van der Waals surface area contributed by atoms with E-state index in [1.54, 1.807) is 50.2 Å². The van der Waals surface area contributed by atoms with Gasteiger partial charge in [-0.15, -0.1) is 0 Å². The third-order valence-corrected chi connectivity index (χ3v) is 22.2. The van der Waals surface area contributed by atoms with E-state index in [-0.39, 0.29) is 69.4 Å². The number of halogens is 5. The molecule has 2 aliphatic heterocycles. The summed E-state index contributed by atoms with van der Waals surface area (Å²) in [6.07, 6.45) is -4.07. The summed E-state index contributed by atoms with van der Waals surface area (Å²) in [4.78, 5) is 192. The Hall–Kier alpha value is -8.14. The van der Waals surface area contributed by atoms with Crippen LogP contribution in [-0.2, 0) is 83.0 Å². The number of nitrogens with one attached hydrogen (secondary N) is 3. The summed E-state index contributed by atoms with van der Waals surface area (Å²) in [6, 6.07) is 5.30. The van der Waals surface area contributed by atoms with Gasteiger partial charge in [0.15, 0.2) is 0 Å². The quantitative estimate of drug-likeness (QED) is 0.149. The summed E-state index contributed by atoms with van der Waals surface area (Å²) in [7, 11) is 12.6. The molecular weight excluding hydrogens is 1450 g/mol. The van der Waals surface area contributed by atoms with Gasteiger partial charge in [-0.05, 0) is 111 Å². The lowest BCUT2D eigenvalue weighted by Gasteiger charge is -2.45. The molecule has 105 heavy (non-hydrogen) atoms. The zero-order valence-electron chi connectivity index (χ0n) is 63.7. The molecule has 578 valence electrons. The van der Waals surface area contributed by atoms with Crippen molar-refractivity contribution in [2.24, 2.45) is 17.8 Å². The molecule has 3 N–H and O–H groups in total. The summed E-state index contributed by atoms with van der Waals surface area (Å²) < 4.78 is 42.6. The molecule has 0 radical (unpaired) electrons. The number of carbonyl (C=O) groups excluding carboxylic acids is 12. The highest BCUT2D eigenvalue weighted by Crippen LogP contribution is 2.37. The molecule has 1 saturated carbocycles. The van der Waals surface area contributed by atoms with Crippen LogP contribution in [-0.4, -0.2) is 251 Å². The third-order valence-electron chi connectivity index (χ3n) is 21.4. The van der Waals surface area contributed by atoms with Crippen molar-refractivity contribution in [2.75, 3.05) is 76.5 Å². The first-order chi connectivity index (χ1) is 49.1. The Morgan fingerprint density at radius 3 is 1.82 bits per heavy atom. The Labute approximate surface area is 629 Å². The van der Waals surface area contributed by atoms with Crippen LogP contribution < -0.4 is 16.0 Å². The molecule has 24 nitrogen and oxygen atoms in total. The van der Waals surface area contributed by atoms with Gasteiger partial charge < -0.3 is 60.0 Å². The Balaban J connectivity index is 1.51. The number of likely N-dealkylation sites (N-methyl/N-ethyl adjacent to an activating group) is 8. The predicted octanol–water partition coefficient (Wildman–Crippen LogP) is 6.92. The second-order valence-electron chi connectivity index (χ2n) is 29.5. The Morgan fingerprint density at radius 2 is 1.27 bits per heavy atom. The molecule has 12 amide bonds. The van der Waals surface area contributed by atoms with Crippen LogP contribution in [0.4, 0.5) is 13.2 Å². The fraction of sp³-hybridized carbons (Fsp3) is 0.605. The van der Waals surface area contributed by atoms with Crippen LogP contribution in [0.2, 0.25) is 5.02 Å². The number of aryl methyl sites for hydroxylation is 2. The fourth-order valence-electron chi connectivity index (χ4n) is 14.0. The number of carbonyl (C=O) groups is 12. The molecule has 3 fully saturated rings. The van der Waals surface area contributed by atoms with Gasteiger partial charge in [-0.3, -0.25) is 57.5 Å². The Kier molecular flexibility index (Phi) is 30.2. The van der Waals surface area contributed by atoms with Crippen LogP contribution in [0.5, 0.6) is 0 Å². The molecule has 1 aliphatic carbocycles. The number of benzene rings is 3. The zero-order chi connectivity index (χ0) is 78.6. The second-order valence-corrected chi connectivity index (χ2v) is 30.9. The maximum atomic E-state index is 15.7. The van der Waals surface area contributed by atoms with E-state index in [1.165, 1.54) is 106 Å². The molecule has 1 spiro atoms. The molecule has 0 aromatic heterocycles. The van der Waals surface area contributed by atoms with Crippen LogP contribution in [0.3, 0.4) is 0 Å². The van der Waals surface area contributed by atoms with Crippen molar-refractivity contribution in [3.63, 3.8) is 0 Å². The smallest absolute Gasteiger partial charge is 0.347 e.